The number of para-hydroxylation sites is 1. The van der Waals surface area contributed by atoms with Gasteiger partial charge in [0.25, 0.3) is 0 Å². The number of halogens is 5. The first-order valence-corrected chi connectivity index (χ1v) is 10.0. The zero-order chi connectivity index (χ0) is 24.0. The molecule has 33 heavy (non-hydrogen) atoms. The molecular weight excluding hydrogens is 461 g/mol. The summed E-state index contributed by atoms with van der Waals surface area (Å²) in [6.07, 6.45) is 0. The van der Waals surface area contributed by atoms with E-state index in [1.165, 1.54) is 0 Å². The summed E-state index contributed by atoms with van der Waals surface area (Å²) >= 11 is 6.02. The molecule has 0 amide bonds. The van der Waals surface area contributed by atoms with Gasteiger partial charge >= 0.3 is 7.25 Å². The average Bonchev–Trinajstić information content (AvgIpc) is 2.78. The van der Waals surface area contributed by atoms with E-state index in [9.17, 15) is 17.3 Å². The van der Waals surface area contributed by atoms with Crippen LogP contribution in [-0.2, 0) is 0 Å². The molecule has 1 N–H and O–H groups in total. The van der Waals surface area contributed by atoms with Gasteiger partial charge in [-0.15, -0.1) is 0 Å². The lowest BCUT2D eigenvalue weighted by atomic mass is 10.1. The lowest BCUT2D eigenvalue weighted by Crippen LogP contribution is -2.70. The minimum Gasteiger partial charge on any atom is -0.497 e. The van der Waals surface area contributed by atoms with Crippen molar-refractivity contribution in [3.8, 4) is 22.8 Å². The van der Waals surface area contributed by atoms with Crippen LogP contribution in [0.25, 0.3) is 22.3 Å². The van der Waals surface area contributed by atoms with E-state index >= 15 is 0 Å². The second-order valence-corrected chi connectivity index (χ2v) is 7.15. The van der Waals surface area contributed by atoms with Gasteiger partial charge in [-0.05, 0) is 42.5 Å². The number of nitrogens with one attached hydrogen (secondary N) is 1. The molecule has 0 radical (unpaired) electrons. The van der Waals surface area contributed by atoms with Crippen molar-refractivity contribution >= 4 is 35.5 Å². The van der Waals surface area contributed by atoms with E-state index in [4.69, 9.17) is 25.5 Å². The first-order valence-electron chi connectivity index (χ1n) is 9.66. The molecule has 0 spiro atoms. The largest absolute Gasteiger partial charge is 0.673 e. The van der Waals surface area contributed by atoms with Gasteiger partial charge in [0.05, 0.1) is 25.7 Å². The molecule has 4 rings (SSSR count). The fourth-order valence-electron chi connectivity index (χ4n) is 3.04. The molecule has 1 aromatic heterocycles. The standard InChI is InChI=1S/C23H18ClNO3.BF4/c1-26-17-11-12-19(23(13-17)27-2)25-20-14-22(15-7-9-16(24)10-8-15)28-21-6-4-3-5-18(20)21;2-1(3,4)5/h3-14H,1-2H3;/q;-1/p+1. The maximum atomic E-state index is 9.75. The molecule has 0 atom stereocenters. The number of rotatable bonds is 4. The first-order chi connectivity index (χ1) is 15.7. The maximum absolute atomic E-state index is 9.75. The second-order valence-electron chi connectivity index (χ2n) is 6.71. The lowest BCUT2D eigenvalue weighted by molar-refractivity contribution is -0.401. The van der Waals surface area contributed by atoms with E-state index in [2.05, 4.69) is 4.99 Å². The molecule has 172 valence electrons. The van der Waals surface area contributed by atoms with Crippen LogP contribution in [0, 0.1) is 0 Å². The fourth-order valence-corrected chi connectivity index (χ4v) is 3.17. The van der Waals surface area contributed by atoms with Gasteiger partial charge in [-0.1, -0.05) is 23.7 Å². The van der Waals surface area contributed by atoms with Gasteiger partial charge in [0.15, 0.2) is 5.75 Å². The Bertz CT molecular complexity index is 1300. The Morgan fingerprint density at radius 1 is 0.848 bits per heavy atom. The molecule has 3 aromatic carbocycles. The molecule has 4 aromatic rings. The van der Waals surface area contributed by atoms with Crippen molar-refractivity contribution in [2.24, 2.45) is 0 Å². The molecule has 4 nitrogen and oxygen atoms in total. The van der Waals surface area contributed by atoms with E-state index in [1.54, 1.807) is 14.2 Å². The predicted molar refractivity (Wildman–Crippen MR) is 120 cm³/mol. The van der Waals surface area contributed by atoms with Crippen LogP contribution >= 0.6 is 11.6 Å². The van der Waals surface area contributed by atoms with Crippen LogP contribution in [0.3, 0.4) is 0 Å². The quantitative estimate of drug-likeness (QED) is 0.316. The van der Waals surface area contributed by atoms with Crippen LogP contribution in [0.2, 0.25) is 5.02 Å². The van der Waals surface area contributed by atoms with Crippen molar-refractivity contribution in [3.63, 3.8) is 0 Å². The summed E-state index contributed by atoms with van der Waals surface area (Å²) in [4.78, 5) is 3.47. The Kier molecular flexibility index (Phi) is 7.65. The van der Waals surface area contributed by atoms with Gasteiger partial charge in [0.2, 0.25) is 11.0 Å². The molecule has 0 unspecified atom stereocenters. The summed E-state index contributed by atoms with van der Waals surface area (Å²) in [5.74, 6) is 2.17. The minimum atomic E-state index is -6.00. The van der Waals surface area contributed by atoms with Crippen molar-refractivity contribution in [2.45, 2.75) is 0 Å². The highest BCUT2D eigenvalue weighted by Gasteiger charge is 2.20. The van der Waals surface area contributed by atoms with Gasteiger partial charge in [-0.25, -0.2) is 4.99 Å². The van der Waals surface area contributed by atoms with Crippen LogP contribution in [-0.4, -0.2) is 21.5 Å². The molecule has 0 fully saturated rings. The highest BCUT2D eigenvalue weighted by molar-refractivity contribution is 6.50. The SMILES string of the molecule is COc1ccc([NH+]=c2cc(-c3ccc(Cl)cc3)oc3ccccc23)c(OC)c1.F[B-](F)(F)F. The van der Waals surface area contributed by atoms with Crippen molar-refractivity contribution in [1.82, 2.24) is 0 Å². The second kappa shape index (κ2) is 10.4. The molecule has 0 aliphatic heterocycles. The molecule has 10 heteroatoms. The molecule has 0 saturated carbocycles. The van der Waals surface area contributed by atoms with Crippen LogP contribution in [0.15, 0.2) is 77.2 Å². The van der Waals surface area contributed by atoms with E-state index in [0.717, 1.165) is 39.1 Å². The summed E-state index contributed by atoms with van der Waals surface area (Å²) in [5, 5.41) is 2.57. The van der Waals surface area contributed by atoms with Crippen molar-refractivity contribution < 1.29 is 36.1 Å². The summed E-state index contributed by atoms with van der Waals surface area (Å²) in [6, 6.07) is 23.1. The van der Waals surface area contributed by atoms with Crippen LogP contribution < -0.4 is 19.8 Å². The first kappa shape index (κ1) is 24.2. The van der Waals surface area contributed by atoms with Crippen molar-refractivity contribution in [1.29, 1.82) is 0 Å². The van der Waals surface area contributed by atoms with Crippen LogP contribution in [0.5, 0.6) is 11.5 Å². The molecule has 0 aliphatic carbocycles. The molecule has 0 aliphatic rings. The van der Waals surface area contributed by atoms with Gasteiger partial charge < -0.3 is 31.2 Å². The third kappa shape index (κ3) is 6.76. The number of ether oxygens (including phenoxy) is 2. The normalized spacial score (nSPS) is 11.7. The highest BCUT2D eigenvalue weighted by atomic mass is 35.5. The summed E-state index contributed by atoms with van der Waals surface area (Å²) < 4.78 is 55.9. The maximum Gasteiger partial charge on any atom is 0.673 e. The summed E-state index contributed by atoms with van der Waals surface area (Å²) in [6.45, 7) is 0. The van der Waals surface area contributed by atoms with E-state index in [0.29, 0.717) is 10.8 Å². The number of hydrogen-bond acceptors (Lipinski definition) is 3. The number of benzene rings is 3. The average molecular weight is 480 g/mol. The van der Waals surface area contributed by atoms with Crippen LogP contribution in [0.1, 0.15) is 0 Å². The van der Waals surface area contributed by atoms with Gasteiger partial charge in [-0.2, -0.15) is 0 Å². The van der Waals surface area contributed by atoms with E-state index in [-0.39, 0.29) is 0 Å². The lowest BCUT2D eigenvalue weighted by Gasteiger charge is -2.05. The van der Waals surface area contributed by atoms with E-state index in [1.807, 2.05) is 72.8 Å². The minimum absolute atomic E-state index is 0.686. The zero-order valence-corrected chi connectivity index (χ0v) is 18.4. The number of methoxy groups -OCH3 is 2. The Balaban J connectivity index is 0.000000555. The highest BCUT2D eigenvalue weighted by Crippen LogP contribution is 2.26. The Morgan fingerprint density at radius 3 is 2.15 bits per heavy atom. The van der Waals surface area contributed by atoms with E-state index < -0.39 is 7.25 Å². The topological polar surface area (TPSA) is 45.6 Å². The molecule has 0 saturated heterocycles. The molecular formula is C23H19BClF4NO3. The molecule has 1 heterocycles. The Labute approximate surface area is 192 Å². The predicted octanol–water partition coefficient (Wildman–Crippen LogP) is 5.38. The Morgan fingerprint density at radius 2 is 1.52 bits per heavy atom. The summed E-state index contributed by atoms with van der Waals surface area (Å²) in [7, 11) is -2.73. The third-order valence-electron chi connectivity index (χ3n) is 4.48. The van der Waals surface area contributed by atoms with Gasteiger partial charge in [0, 0.05) is 22.7 Å². The fraction of sp³-hybridized carbons (Fsp3) is 0.0870. The monoisotopic (exact) mass is 479 g/mol. The van der Waals surface area contributed by atoms with Gasteiger partial charge in [0.1, 0.15) is 17.1 Å². The third-order valence-corrected chi connectivity index (χ3v) is 4.73. The van der Waals surface area contributed by atoms with Crippen LogP contribution in [0.4, 0.5) is 23.0 Å². The van der Waals surface area contributed by atoms with Gasteiger partial charge in [-0.3, -0.25) is 0 Å². The van der Waals surface area contributed by atoms with Crippen molar-refractivity contribution in [2.75, 3.05) is 14.2 Å². The zero-order valence-electron chi connectivity index (χ0n) is 17.6. The van der Waals surface area contributed by atoms with Crippen molar-refractivity contribution in [3.05, 3.63) is 83.2 Å². The summed E-state index contributed by atoms with van der Waals surface area (Å²) in [5.41, 5.74) is 2.56. The number of hydrogen-bond donors (Lipinski definition) is 1. The molecule has 0 bridgehead atoms. The smallest absolute Gasteiger partial charge is 0.497 e. The Hall–Kier alpha value is -3.46. The number of fused-ring (bicyclic) bond motifs is 1.